The van der Waals surface area contributed by atoms with E-state index in [0.29, 0.717) is 43.3 Å². The van der Waals surface area contributed by atoms with E-state index in [1.165, 1.54) is 12.3 Å². The minimum absolute atomic E-state index is 0.0905. The molecule has 1 aliphatic heterocycles. The van der Waals surface area contributed by atoms with Crippen molar-refractivity contribution in [1.82, 2.24) is 19.7 Å². The second-order valence-corrected chi connectivity index (χ2v) is 7.48. The van der Waals surface area contributed by atoms with Gasteiger partial charge >= 0.3 is 0 Å². The first kappa shape index (κ1) is 20.5. The van der Waals surface area contributed by atoms with E-state index in [0.717, 1.165) is 19.5 Å². The topological polar surface area (TPSA) is 52.8 Å². The van der Waals surface area contributed by atoms with Crippen molar-refractivity contribution >= 4 is 5.91 Å². The average Bonchev–Trinajstić information content (AvgIpc) is 3.17. The molecule has 0 spiro atoms. The van der Waals surface area contributed by atoms with Gasteiger partial charge in [-0.25, -0.2) is 9.37 Å². The summed E-state index contributed by atoms with van der Waals surface area (Å²) in [4.78, 5) is 23.2. The molecule has 1 aliphatic rings. The Bertz CT molecular complexity index is 786. The highest BCUT2D eigenvalue weighted by atomic mass is 19.1. The van der Waals surface area contributed by atoms with Gasteiger partial charge in [-0.15, -0.1) is 0 Å². The number of rotatable bonds is 7. The number of hydrogen-bond acceptors (Lipinski definition) is 5. The number of carbonyl (C=O) groups excluding carboxylic acids is 1. The molecule has 2 aromatic rings. The molecule has 1 atom stereocenters. The van der Waals surface area contributed by atoms with Gasteiger partial charge in [-0.3, -0.25) is 9.69 Å². The Balaban J connectivity index is 1.68. The van der Waals surface area contributed by atoms with E-state index in [2.05, 4.69) is 35.7 Å². The van der Waals surface area contributed by atoms with E-state index < -0.39 is 0 Å². The van der Waals surface area contributed by atoms with Crippen LogP contribution in [0.15, 0.2) is 34.9 Å². The number of amides is 1. The molecule has 0 N–H and O–H groups in total. The number of hydrogen-bond donors (Lipinski definition) is 0. The number of nitrogens with zero attached hydrogens (tertiary/aromatic N) is 4. The van der Waals surface area contributed by atoms with E-state index in [4.69, 9.17) is 4.42 Å². The summed E-state index contributed by atoms with van der Waals surface area (Å²) < 4.78 is 19.7. The van der Waals surface area contributed by atoms with Gasteiger partial charge in [0.25, 0.3) is 5.91 Å². The summed E-state index contributed by atoms with van der Waals surface area (Å²) in [5, 5.41) is 0. The highest BCUT2D eigenvalue weighted by Gasteiger charge is 2.24. The van der Waals surface area contributed by atoms with Crippen molar-refractivity contribution < 1.29 is 13.6 Å². The molecule has 1 saturated heterocycles. The molecule has 1 fully saturated rings. The molecular weight excluding hydrogens is 359 g/mol. The zero-order chi connectivity index (χ0) is 20.1. The van der Waals surface area contributed by atoms with Crippen LogP contribution in [-0.4, -0.2) is 64.9 Å². The van der Waals surface area contributed by atoms with Crippen molar-refractivity contribution in [2.24, 2.45) is 0 Å². The Morgan fingerprint density at radius 1 is 1.25 bits per heavy atom. The maximum atomic E-state index is 14.1. The van der Waals surface area contributed by atoms with Gasteiger partial charge in [-0.1, -0.05) is 25.1 Å². The minimum Gasteiger partial charge on any atom is -0.447 e. The first-order valence-electron chi connectivity index (χ1n) is 9.87. The fraction of sp³-hybridized carbons (Fsp3) is 0.524. The maximum absolute atomic E-state index is 14.1. The number of benzene rings is 1. The van der Waals surface area contributed by atoms with E-state index in [1.54, 1.807) is 12.1 Å². The predicted molar refractivity (Wildman–Crippen MR) is 105 cm³/mol. The Hall–Kier alpha value is -2.25. The van der Waals surface area contributed by atoms with Crippen LogP contribution in [0.2, 0.25) is 0 Å². The van der Waals surface area contributed by atoms with Crippen LogP contribution in [-0.2, 0) is 13.1 Å². The zero-order valence-electron chi connectivity index (χ0n) is 16.9. The van der Waals surface area contributed by atoms with Crippen LogP contribution >= 0.6 is 0 Å². The van der Waals surface area contributed by atoms with Crippen molar-refractivity contribution in [3.63, 3.8) is 0 Å². The van der Waals surface area contributed by atoms with Gasteiger partial charge in [0.15, 0.2) is 5.69 Å². The van der Waals surface area contributed by atoms with Gasteiger partial charge < -0.3 is 14.2 Å². The second kappa shape index (κ2) is 9.30. The summed E-state index contributed by atoms with van der Waals surface area (Å²) in [5.74, 6) is 0.176. The fourth-order valence-corrected chi connectivity index (χ4v) is 3.30. The SMILES string of the molecule is CCC(C)N(Cc1nc(C(=O)N2CCN(C)CC2)co1)Cc1ccccc1F. The maximum Gasteiger partial charge on any atom is 0.275 e. The largest absolute Gasteiger partial charge is 0.447 e. The van der Waals surface area contributed by atoms with Gasteiger partial charge in [0.05, 0.1) is 6.54 Å². The molecule has 1 amide bonds. The Labute approximate surface area is 165 Å². The number of carbonyl (C=O) groups is 1. The molecular formula is C21H29FN4O2. The summed E-state index contributed by atoms with van der Waals surface area (Å²) >= 11 is 0. The van der Waals surface area contributed by atoms with E-state index in [1.807, 2.05) is 11.0 Å². The molecule has 1 aromatic heterocycles. The molecule has 1 unspecified atom stereocenters. The molecule has 2 heterocycles. The third kappa shape index (κ3) is 4.97. The van der Waals surface area contributed by atoms with Crippen LogP contribution in [0.1, 0.15) is 42.2 Å². The van der Waals surface area contributed by atoms with Crippen molar-refractivity contribution in [3.8, 4) is 0 Å². The van der Waals surface area contributed by atoms with Gasteiger partial charge in [0.2, 0.25) is 5.89 Å². The number of aromatic nitrogens is 1. The van der Waals surface area contributed by atoms with Crippen LogP contribution in [0, 0.1) is 5.82 Å². The number of halogens is 1. The van der Waals surface area contributed by atoms with Crippen molar-refractivity contribution in [1.29, 1.82) is 0 Å². The smallest absolute Gasteiger partial charge is 0.275 e. The molecule has 7 heteroatoms. The lowest BCUT2D eigenvalue weighted by Gasteiger charge is -2.31. The summed E-state index contributed by atoms with van der Waals surface area (Å²) in [7, 11) is 2.05. The average molecular weight is 388 g/mol. The highest BCUT2D eigenvalue weighted by Crippen LogP contribution is 2.17. The quantitative estimate of drug-likeness (QED) is 0.730. The third-order valence-electron chi connectivity index (χ3n) is 5.45. The number of likely N-dealkylation sites (N-methyl/N-ethyl adjacent to an activating group) is 1. The van der Waals surface area contributed by atoms with Crippen LogP contribution in [0.5, 0.6) is 0 Å². The molecule has 0 aliphatic carbocycles. The van der Waals surface area contributed by atoms with Gasteiger partial charge in [0.1, 0.15) is 12.1 Å². The first-order chi connectivity index (χ1) is 13.5. The number of oxazole rings is 1. The monoisotopic (exact) mass is 388 g/mol. The van der Waals surface area contributed by atoms with Gasteiger partial charge in [-0.2, -0.15) is 0 Å². The standard InChI is InChI=1S/C21H29FN4O2/c1-4-16(2)26(13-17-7-5-6-8-18(17)22)14-20-23-19(15-28-20)21(27)25-11-9-24(3)10-12-25/h5-8,15-16H,4,9-14H2,1-3H3. The van der Waals surface area contributed by atoms with Crippen LogP contribution in [0.3, 0.4) is 0 Å². The van der Waals surface area contributed by atoms with E-state index in [9.17, 15) is 9.18 Å². The third-order valence-corrected chi connectivity index (χ3v) is 5.45. The normalized spacial score (nSPS) is 16.5. The molecule has 3 rings (SSSR count). The predicted octanol–water partition coefficient (Wildman–Crippen LogP) is 3.00. The fourth-order valence-electron chi connectivity index (χ4n) is 3.30. The molecule has 0 saturated carbocycles. The van der Waals surface area contributed by atoms with Crippen LogP contribution in [0.25, 0.3) is 0 Å². The molecule has 1 aromatic carbocycles. The van der Waals surface area contributed by atoms with Crippen molar-refractivity contribution in [3.05, 3.63) is 53.5 Å². The minimum atomic E-state index is -0.214. The molecule has 152 valence electrons. The summed E-state index contributed by atoms with van der Waals surface area (Å²) in [6.07, 6.45) is 2.36. The Kier molecular flexibility index (Phi) is 6.80. The van der Waals surface area contributed by atoms with Crippen LogP contribution in [0.4, 0.5) is 4.39 Å². The highest BCUT2D eigenvalue weighted by molar-refractivity contribution is 5.92. The lowest BCUT2D eigenvalue weighted by molar-refractivity contribution is 0.0658. The second-order valence-electron chi connectivity index (χ2n) is 7.48. The first-order valence-corrected chi connectivity index (χ1v) is 9.87. The lowest BCUT2D eigenvalue weighted by Crippen LogP contribution is -2.47. The van der Waals surface area contributed by atoms with Gasteiger partial charge in [0, 0.05) is 44.3 Å². The van der Waals surface area contributed by atoms with E-state index in [-0.39, 0.29) is 17.8 Å². The van der Waals surface area contributed by atoms with Crippen molar-refractivity contribution in [2.45, 2.75) is 39.4 Å². The molecule has 0 bridgehead atoms. The summed E-state index contributed by atoms with van der Waals surface area (Å²) in [6.45, 7) is 8.21. The van der Waals surface area contributed by atoms with Gasteiger partial charge in [-0.05, 0) is 26.5 Å². The number of piperazine rings is 1. The molecule has 28 heavy (non-hydrogen) atoms. The zero-order valence-corrected chi connectivity index (χ0v) is 16.9. The van der Waals surface area contributed by atoms with Crippen LogP contribution < -0.4 is 0 Å². The van der Waals surface area contributed by atoms with E-state index >= 15 is 0 Å². The molecule has 0 radical (unpaired) electrons. The summed E-state index contributed by atoms with van der Waals surface area (Å²) in [5.41, 5.74) is 0.984. The Morgan fingerprint density at radius 3 is 2.64 bits per heavy atom. The van der Waals surface area contributed by atoms with Crippen molar-refractivity contribution in [2.75, 3.05) is 33.2 Å². The lowest BCUT2D eigenvalue weighted by atomic mass is 10.1. The molecule has 6 nitrogen and oxygen atoms in total. The summed E-state index contributed by atoms with van der Waals surface area (Å²) in [6, 6.07) is 7.02. The Morgan fingerprint density at radius 2 is 1.96 bits per heavy atom.